The van der Waals surface area contributed by atoms with Gasteiger partial charge in [0.1, 0.15) is 0 Å². The maximum atomic E-state index is 12.5. The Hall–Kier alpha value is -2.96. The molecular weight excluding hydrogens is 296 g/mol. The minimum Gasteiger partial charge on any atom is -0.317 e. The van der Waals surface area contributed by atoms with E-state index in [-0.39, 0.29) is 17.5 Å². The van der Waals surface area contributed by atoms with Crippen LogP contribution in [0.15, 0.2) is 39.8 Å². The van der Waals surface area contributed by atoms with Crippen LogP contribution >= 0.6 is 0 Å². The Kier molecular flexibility index (Phi) is 3.00. The summed E-state index contributed by atoms with van der Waals surface area (Å²) in [6.45, 7) is 0. The number of anilines is 1. The zero-order valence-electron chi connectivity index (χ0n) is 12.4. The summed E-state index contributed by atoms with van der Waals surface area (Å²) in [4.78, 5) is 28.8. The van der Waals surface area contributed by atoms with Crippen molar-refractivity contribution in [2.24, 2.45) is 7.05 Å². The molecule has 0 saturated heterocycles. The highest BCUT2D eigenvalue weighted by Crippen LogP contribution is 2.38. The van der Waals surface area contributed by atoms with Gasteiger partial charge in [0.15, 0.2) is 5.82 Å². The van der Waals surface area contributed by atoms with Gasteiger partial charge in [0.25, 0.3) is 11.5 Å². The van der Waals surface area contributed by atoms with Crippen molar-refractivity contribution in [3.05, 3.63) is 52.2 Å². The van der Waals surface area contributed by atoms with Crippen molar-refractivity contribution < 1.29 is 9.32 Å². The average molecular weight is 310 g/mol. The number of carbonyl (C=O) groups excluding carboxylic acids is 1. The summed E-state index contributed by atoms with van der Waals surface area (Å²) >= 11 is 0. The molecule has 0 atom stereocenters. The molecule has 23 heavy (non-hydrogen) atoms. The first kappa shape index (κ1) is 13.7. The van der Waals surface area contributed by atoms with Crippen molar-refractivity contribution in [3.63, 3.8) is 0 Å². The SMILES string of the molecule is Cn1cc(C(=O)Nc2nc(C3CC3)no2)c2ccccc2c1=O. The van der Waals surface area contributed by atoms with Crippen LogP contribution < -0.4 is 10.9 Å². The van der Waals surface area contributed by atoms with Gasteiger partial charge in [0.2, 0.25) is 0 Å². The third-order valence-corrected chi connectivity index (χ3v) is 3.94. The standard InChI is InChI=1S/C16H14N4O3/c1-20-8-12(10-4-2-3-5-11(10)15(20)22)14(21)18-16-17-13(19-23-16)9-6-7-9/h2-5,8-9H,6-7H2,1H3,(H,17,18,19,21). The number of aryl methyl sites for hydroxylation is 1. The predicted molar refractivity (Wildman–Crippen MR) is 83.4 cm³/mol. The van der Waals surface area contributed by atoms with Gasteiger partial charge in [-0.15, -0.1) is 0 Å². The van der Waals surface area contributed by atoms with Gasteiger partial charge in [-0.25, -0.2) is 0 Å². The van der Waals surface area contributed by atoms with Gasteiger partial charge < -0.3 is 9.09 Å². The molecule has 0 unspecified atom stereocenters. The Morgan fingerprint density at radius 1 is 1.30 bits per heavy atom. The molecule has 0 radical (unpaired) electrons. The van der Waals surface area contributed by atoms with Crippen LogP contribution in [0.3, 0.4) is 0 Å². The number of nitrogens with zero attached hydrogens (tertiary/aromatic N) is 3. The fraction of sp³-hybridized carbons (Fsp3) is 0.250. The molecule has 7 nitrogen and oxygen atoms in total. The molecule has 7 heteroatoms. The van der Waals surface area contributed by atoms with E-state index in [1.165, 1.54) is 10.8 Å². The van der Waals surface area contributed by atoms with Crippen molar-refractivity contribution in [1.29, 1.82) is 0 Å². The molecular formula is C16H14N4O3. The summed E-state index contributed by atoms with van der Waals surface area (Å²) in [5, 5.41) is 7.55. The third-order valence-electron chi connectivity index (χ3n) is 3.94. The number of fused-ring (bicyclic) bond motifs is 1. The van der Waals surface area contributed by atoms with E-state index >= 15 is 0 Å². The monoisotopic (exact) mass is 310 g/mol. The summed E-state index contributed by atoms with van der Waals surface area (Å²) in [6.07, 6.45) is 3.62. The zero-order chi connectivity index (χ0) is 16.0. The normalized spacial score (nSPS) is 14.1. The number of hydrogen-bond donors (Lipinski definition) is 1. The second kappa shape index (κ2) is 5.05. The van der Waals surface area contributed by atoms with Gasteiger partial charge in [0, 0.05) is 29.9 Å². The zero-order valence-corrected chi connectivity index (χ0v) is 12.4. The minimum atomic E-state index is -0.386. The first-order valence-corrected chi connectivity index (χ1v) is 7.37. The van der Waals surface area contributed by atoms with Crippen LogP contribution in [0.5, 0.6) is 0 Å². The Labute approximate surface area is 130 Å². The van der Waals surface area contributed by atoms with Crippen LogP contribution in [0.2, 0.25) is 0 Å². The molecule has 1 amide bonds. The number of aromatic nitrogens is 3. The molecule has 4 rings (SSSR count). The van der Waals surface area contributed by atoms with E-state index in [2.05, 4.69) is 15.5 Å². The Morgan fingerprint density at radius 3 is 2.78 bits per heavy atom. The van der Waals surface area contributed by atoms with Gasteiger partial charge in [-0.3, -0.25) is 14.9 Å². The van der Waals surface area contributed by atoms with Gasteiger partial charge >= 0.3 is 6.01 Å². The van der Waals surface area contributed by atoms with Crippen LogP contribution in [0.1, 0.15) is 34.9 Å². The Morgan fingerprint density at radius 2 is 2.04 bits per heavy atom. The second-order valence-electron chi connectivity index (χ2n) is 5.69. The molecule has 1 N–H and O–H groups in total. The highest BCUT2D eigenvalue weighted by atomic mass is 16.5. The molecule has 0 spiro atoms. The van der Waals surface area contributed by atoms with Crippen LogP contribution in [0.4, 0.5) is 6.01 Å². The fourth-order valence-electron chi connectivity index (χ4n) is 2.55. The third kappa shape index (κ3) is 2.40. The van der Waals surface area contributed by atoms with Gasteiger partial charge in [-0.2, -0.15) is 4.98 Å². The lowest BCUT2D eigenvalue weighted by Gasteiger charge is -2.08. The number of rotatable bonds is 3. The van der Waals surface area contributed by atoms with Crippen molar-refractivity contribution in [1.82, 2.24) is 14.7 Å². The maximum absolute atomic E-state index is 12.5. The number of carbonyl (C=O) groups is 1. The van der Waals surface area contributed by atoms with Crippen LogP contribution in [-0.2, 0) is 7.05 Å². The van der Waals surface area contributed by atoms with E-state index in [1.807, 2.05) is 0 Å². The molecule has 0 bridgehead atoms. The van der Waals surface area contributed by atoms with Crippen molar-refractivity contribution >= 4 is 22.7 Å². The highest BCUT2D eigenvalue weighted by Gasteiger charge is 2.29. The highest BCUT2D eigenvalue weighted by molar-refractivity contribution is 6.11. The van der Waals surface area contributed by atoms with Gasteiger partial charge in [-0.1, -0.05) is 23.4 Å². The molecule has 1 aliphatic rings. The van der Waals surface area contributed by atoms with E-state index in [9.17, 15) is 9.59 Å². The molecule has 2 aromatic heterocycles. The van der Waals surface area contributed by atoms with Crippen molar-refractivity contribution in [2.75, 3.05) is 5.32 Å². The lowest BCUT2D eigenvalue weighted by molar-refractivity contribution is 0.102. The van der Waals surface area contributed by atoms with Gasteiger partial charge in [-0.05, 0) is 18.9 Å². The molecule has 1 fully saturated rings. The van der Waals surface area contributed by atoms with Crippen LogP contribution in [0, 0.1) is 0 Å². The molecule has 1 aromatic carbocycles. The summed E-state index contributed by atoms with van der Waals surface area (Å²) in [6, 6.07) is 7.08. The lowest BCUT2D eigenvalue weighted by atomic mass is 10.1. The largest absolute Gasteiger partial charge is 0.328 e. The molecule has 0 aliphatic heterocycles. The smallest absolute Gasteiger partial charge is 0.317 e. The van der Waals surface area contributed by atoms with Crippen LogP contribution in [-0.4, -0.2) is 20.6 Å². The summed E-state index contributed by atoms with van der Waals surface area (Å²) in [7, 11) is 1.61. The maximum Gasteiger partial charge on any atom is 0.328 e. The van der Waals surface area contributed by atoms with E-state index in [0.29, 0.717) is 28.1 Å². The number of hydrogen-bond acceptors (Lipinski definition) is 5. The molecule has 116 valence electrons. The molecule has 1 saturated carbocycles. The predicted octanol–water partition coefficient (Wildman–Crippen LogP) is 2.05. The number of pyridine rings is 1. The topological polar surface area (TPSA) is 90.0 Å². The first-order valence-electron chi connectivity index (χ1n) is 7.37. The molecule has 2 heterocycles. The minimum absolute atomic E-state index is 0.0786. The summed E-state index contributed by atoms with van der Waals surface area (Å²) in [5.74, 6) is 0.594. The quantitative estimate of drug-likeness (QED) is 0.799. The molecule has 1 aliphatic carbocycles. The van der Waals surface area contributed by atoms with E-state index < -0.39 is 0 Å². The molecule has 3 aromatic rings. The Bertz CT molecular complexity index is 969. The van der Waals surface area contributed by atoms with E-state index in [1.54, 1.807) is 31.3 Å². The first-order chi connectivity index (χ1) is 11.1. The number of benzene rings is 1. The summed E-state index contributed by atoms with van der Waals surface area (Å²) < 4.78 is 6.45. The number of amides is 1. The van der Waals surface area contributed by atoms with E-state index in [0.717, 1.165) is 12.8 Å². The van der Waals surface area contributed by atoms with Gasteiger partial charge in [0.05, 0.1) is 5.56 Å². The van der Waals surface area contributed by atoms with Crippen molar-refractivity contribution in [2.45, 2.75) is 18.8 Å². The second-order valence-corrected chi connectivity index (χ2v) is 5.69. The number of nitrogens with one attached hydrogen (secondary N) is 1. The average Bonchev–Trinajstić information content (AvgIpc) is 3.31. The Balaban J connectivity index is 1.71. The summed E-state index contributed by atoms with van der Waals surface area (Å²) in [5.41, 5.74) is 0.236. The lowest BCUT2D eigenvalue weighted by Crippen LogP contribution is -2.21. The fourth-order valence-corrected chi connectivity index (χ4v) is 2.55. The van der Waals surface area contributed by atoms with E-state index in [4.69, 9.17) is 4.52 Å². The van der Waals surface area contributed by atoms with Crippen LogP contribution in [0.25, 0.3) is 10.8 Å². The van der Waals surface area contributed by atoms with Crippen molar-refractivity contribution in [3.8, 4) is 0 Å².